The Morgan fingerprint density at radius 1 is 0.970 bits per heavy atom. The summed E-state index contributed by atoms with van der Waals surface area (Å²) in [5, 5.41) is 11.5. The molecule has 1 aliphatic heterocycles. The van der Waals surface area contributed by atoms with Crippen LogP contribution in [0, 0.1) is 10.1 Å². The molecule has 0 saturated carbocycles. The first-order valence-electron chi connectivity index (χ1n) is 10.4. The van der Waals surface area contributed by atoms with Crippen molar-refractivity contribution in [3.05, 3.63) is 105 Å². The lowest BCUT2D eigenvalue weighted by Gasteiger charge is -2.13. The highest BCUT2D eigenvalue weighted by Crippen LogP contribution is 2.37. The molecule has 1 amide bonds. The molecule has 0 fully saturated rings. The van der Waals surface area contributed by atoms with E-state index in [0.717, 1.165) is 11.3 Å². The Kier molecular flexibility index (Phi) is 4.82. The zero-order valence-electron chi connectivity index (χ0n) is 17.6. The van der Waals surface area contributed by atoms with Gasteiger partial charge in [0.05, 0.1) is 32.8 Å². The number of benzene rings is 3. The predicted molar refractivity (Wildman–Crippen MR) is 126 cm³/mol. The molecule has 0 atom stereocenters. The molecule has 0 radical (unpaired) electrons. The molecule has 33 heavy (non-hydrogen) atoms. The minimum absolute atomic E-state index is 0.0843. The van der Waals surface area contributed by atoms with Crippen molar-refractivity contribution in [2.75, 3.05) is 11.4 Å². The van der Waals surface area contributed by atoms with Crippen molar-refractivity contribution < 1.29 is 9.72 Å². The van der Waals surface area contributed by atoms with Crippen molar-refractivity contribution in [2.24, 2.45) is 0 Å². The minimum atomic E-state index is -0.498. The number of nitrogens with zero attached hydrogens (tertiary/aromatic N) is 4. The van der Waals surface area contributed by atoms with Crippen molar-refractivity contribution in [1.29, 1.82) is 0 Å². The number of aromatic nitrogens is 2. The fourth-order valence-corrected chi connectivity index (χ4v) is 4.11. The van der Waals surface area contributed by atoms with Crippen molar-refractivity contribution in [2.45, 2.75) is 6.92 Å². The topological polar surface area (TPSA) is 98.3 Å². The number of non-ortho nitro benzene ring substituents is 1. The Bertz CT molecular complexity index is 1520. The van der Waals surface area contributed by atoms with Crippen LogP contribution in [0.4, 0.5) is 11.4 Å². The molecule has 8 nitrogen and oxygen atoms in total. The Balaban J connectivity index is 1.78. The molecule has 0 spiro atoms. The highest BCUT2D eigenvalue weighted by molar-refractivity contribution is 6.35. The maximum absolute atomic E-state index is 13.5. The van der Waals surface area contributed by atoms with Crippen LogP contribution in [0.15, 0.2) is 77.6 Å². The smallest absolute Gasteiger partial charge is 0.269 e. The Morgan fingerprint density at radius 2 is 1.67 bits per heavy atom. The summed E-state index contributed by atoms with van der Waals surface area (Å²) < 4.78 is 1.38. The van der Waals surface area contributed by atoms with Crippen LogP contribution >= 0.6 is 0 Å². The van der Waals surface area contributed by atoms with Crippen LogP contribution in [0.1, 0.15) is 18.3 Å². The lowest BCUT2D eigenvalue weighted by molar-refractivity contribution is -0.384. The number of rotatable bonds is 4. The van der Waals surface area contributed by atoms with Gasteiger partial charge in [-0.15, -0.1) is 0 Å². The molecule has 4 aromatic rings. The number of anilines is 1. The number of carbonyl (C=O) groups is 1. The molecule has 1 aromatic heterocycles. The van der Waals surface area contributed by atoms with Gasteiger partial charge in [0.1, 0.15) is 5.82 Å². The van der Waals surface area contributed by atoms with Gasteiger partial charge in [0.15, 0.2) is 0 Å². The van der Waals surface area contributed by atoms with Gasteiger partial charge in [-0.1, -0.05) is 30.3 Å². The third-order valence-corrected chi connectivity index (χ3v) is 5.67. The normalized spacial score (nSPS) is 14.2. The van der Waals surface area contributed by atoms with E-state index < -0.39 is 4.92 Å². The third-order valence-electron chi connectivity index (χ3n) is 5.67. The summed E-state index contributed by atoms with van der Waals surface area (Å²) in [6.45, 7) is 2.41. The number of nitro benzene ring substituents is 1. The number of carbonyl (C=O) groups excluding carboxylic acids is 1. The van der Waals surface area contributed by atoms with Gasteiger partial charge in [-0.25, -0.2) is 4.98 Å². The van der Waals surface area contributed by atoms with Gasteiger partial charge in [-0.05, 0) is 43.3 Å². The van der Waals surface area contributed by atoms with Crippen molar-refractivity contribution in [3.8, 4) is 5.69 Å². The average Bonchev–Trinajstić information content (AvgIpc) is 3.10. The predicted octanol–water partition coefficient (Wildman–Crippen LogP) is 4.20. The van der Waals surface area contributed by atoms with Crippen molar-refractivity contribution >= 4 is 39.8 Å². The van der Waals surface area contributed by atoms with Crippen LogP contribution in [-0.4, -0.2) is 26.9 Å². The molecule has 3 aromatic carbocycles. The Labute approximate surface area is 188 Å². The minimum Gasteiger partial charge on any atom is -0.308 e. The highest BCUT2D eigenvalue weighted by Gasteiger charge is 2.31. The molecular weight excluding hydrogens is 420 g/mol. The summed E-state index contributed by atoms with van der Waals surface area (Å²) in [7, 11) is 0. The third kappa shape index (κ3) is 3.28. The van der Waals surface area contributed by atoms with Crippen molar-refractivity contribution in [3.63, 3.8) is 0 Å². The van der Waals surface area contributed by atoms with Crippen LogP contribution in [0.5, 0.6) is 0 Å². The van der Waals surface area contributed by atoms with E-state index in [9.17, 15) is 19.7 Å². The van der Waals surface area contributed by atoms with Crippen LogP contribution in [0.3, 0.4) is 0 Å². The van der Waals surface area contributed by atoms with Gasteiger partial charge < -0.3 is 4.90 Å². The SMILES string of the molecule is CCN1C(=O)/C(=C\c2nc3ccccc3c(=O)n2-c2ccc([N+](=O)[O-])cc2)c2ccccc21. The summed E-state index contributed by atoms with van der Waals surface area (Å²) in [6, 6.07) is 20.1. The highest BCUT2D eigenvalue weighted by atomic mass is 16.6. The van der Waals surface area contributed by atoms with Crippen molar-refractivity contribution in [1.82, 2.24) is 9.55 Å². The quantitative estimate of drug-likeness (QED) is 0.270. The summed E-state index contributed by atoms with van der Waals surface area (Å²) in [5.41, 5.74) is 2.51. The van der Waals surface area contributed by atoms with Gasteiger partial charge in [0.25, 0.3) is 17.2 Å². The molecule has 0 unspecified atom stereocenters. The van der Waals surface area contributed by atoms with Crippen LogP contribution in [-0.2, 0) is 4.79 Å². The second kappa shape index (κ2) is 7.83. The fraction of sp³-hybridized carbons (Fsp3) is 0.0800. The maximum atomic E-state index is 13.5. The first-order chi connectivity index (χ1) is 16.0. The molecule has 5 rings (SSSR count). The van der Waals surface area contributed by atoms with Gasteiger partial charge in [0.2, 0.25) is 0 Å². The van der Waals surface area contributed by atoms with Gasteiger partial charge in [-0.3, -0.25) is 24.3 Å². The van der Waals surface area contributed by atoms with E-state index in [1.54, 1.807) is 35.2 Å². The first-order valence-corrected chi connectivity index (χ1v) is 10.4. The number of nitro groups is 1. The molecule has 2 heterocycles. The monoisotopic (exact) mass is 438 g/mol. The van der Waals surface area contributed by atoms with E-state index in [-0.39, 0.29) is 23.0 Å². The number of hydrogen-bond acceptors (Lipinski definition) is 5. The lowest BCUT2D eigenvalue weighted by atomic mass is 10.1. The van der Waals surface area contributed by atoms with E-state index in [1.165, 1.54) is 28.8 Å². The maximum Gasteiger partial charge on any atom is 0.269 e. The first kappa shape index (κ1) is 20.3. The van der Waals surface area contributed by atoms with E-state index in [0.29, 0.717) is 28.7 Å². The Hall–Kier alpha value is -4.59. The van der Waals surface area contributed by atoms with Gasteiger partial charge in [-0.2, -0.15) is 0 Å². The lowest BCUT2D eigenvalue weighted by Crippen LogP contribution is -2.26. The Morgan fingerprint density at radius 3 is 2.39 bits per heavy atom. The van der Waals surface area contributed by atoms with Crippen LogP contribution < -0.4 is 10.5 Å². The summed E-state index contributed by atoms with van der Waals surface area (Å²) in [5.74, 6) is 0.0972. The largest absolute Gasteiger partial charge is 0.308 e. The molecule has 162 valence electrons. The van der Waals surface area contributed by atoms with Gasteiger partial charge in [0, 0.05) is 24.2 Å². The van der Waals surface area contributed by atoms with Gasteiger partial charge >= 0.3 is 0 Å². The number of para-hydroxylation sites is 2. The van der Waals surface area contributed by atoms with E-state index in [2.05, 4.69) is 4.98 Å². The van der Waals surface area contributed by atoms with E-state index >= 15 is 0 Å². The molecule has 0 bridgehead atoms. The summed E-state index contributed by atoms with van der Waals surface area (Å²) >= 11 is 0. The zero-order valence-corrected chi connectivity index (χ0v) is 17.6. The fourth-order valence-electron chi connectivity index (χ4n) is 4.11. The number of likely N-dealkylation sites (N-methyl/N-ethyl adjacent to an activating group) is 1. The molecular formula is C25H18N4O4. The van der Waals surface area contributed by atoms with Crippen LogP contribution in [0.2, 0.25) is 0 Å². The van der Waals surface area contributed by atoms with Crippen LogP contribution in [0.25, 0.3) is 28.2 Å². The van der Waals surface area contributed by atoms with E-state index in [4.69, 9.17) is 0 Å². The molecule has 0 N–H and O–H groups in total. The molecule has 8 heteroatoms. The molecule has 0 aliphatic carbocycles. The molecule has 1 aliphatic rings. The zero-order chi connectivity index (χ0) is 23.1. The standard InChI is InChI=1S/C25H18N4O4/c1-2-27-22-10-6-4-7-18(22)20(24(27)30)15-23-26-21-9-5-3-8-19(21)25(31)28(23)16-11-13-17(14-12-16)29(32)33/h3-15H,2H2,1H3/b20-15-. The molecule has 0 saturated heterocycles. The number of fused-ring (bicyclic) bond motifs is 2. The number of hydrogen-bond donors (Lipinski definition) is 0. The average molecular weight is 438 g/mol. The second-order valence-corrected chi connectivity index (χ2v) is 7.53. The van der Waals surface area contributed by atoms with E-state index in [1.807, 2.05) is 31.2 Å². The number of amides is 1. The summed E-state index contributed by atoms with van der Waals surface area (Å²) in [4.78, 5) is 43.6. The second-order valence-electron chi connectivity index (χ2n) is 7.53. The summed E-state index contributed by atoms with van der Waals surface area (Å²) in [6.07, 6.45) is 1.62.